The number of aromatic nitrogens is 1. The van der Waals surface area contributed by atoms with E-state index < -0.39 is 10.0 Å². The maximum atomic E-state index is 12.4. The average Bonchev–Trinajstić information content (AvgIpc) is 2.78. The molecule has 162 valence electrons. The van der Waals surface area contributed by atoms with Crippen LogP contribution in [0.2, 0.25) is 0 Å². The summed E-state index contributed by atoms with van der Waals surface area (Å²) in [6.45, 7) is 3.74. The minimum Gasteiger partial charge on any atom is -0.383 e. The molecule has 1 aromatic heterocycles. The van der Waals surface area contributed by atoms with Crippen LogP contribution < -0.4 is 14.9 Å². The van der Waals surface area contributed by atoms with E-state index in [2.05, 4.69) is 19.9 Å². The van der Waals surface area contributed by atoms with Crippen LogP contribution in [0.15, 0.2) is 47.5 Å². The van der Waals surface area contributed by atoms with E-state index in [9.17, 15) is 13.2 Å². The molecule has 2 N–H and O–H groups in total. The Morgan fingerprint density at radius 3 is 2.63 bits per heavy atom. The van der Waals surface area contributed by atoms with Crippen LogP contribution in [-0.2, 0) is 26.0 Å². The highest BCUT2D eigenvalue weighted by Crippen LogP contribution is 2.15. The highest BCUT2D eigenvalue weighted by atomic mass is 32.2. The lowest BCUT2D eigenvalue weighted by molar-refractivity contribution is 0.0951. The molecule has 2 heterocycles. The van der Waals surface area contributed by atoms with Crippen molar-refractivity contribution in [1.29, 1.82) is 0 Å². The summed E-state index contributed by atoms with van der Waals surface area (Å²) in [7, 11) is -2.13. The number of hydrogen-bond acceptors (Lipinski definition) is 7. The molecule has 30 heavy (non-hydrogen) atoms. The van der Waals surface area contributed by atoms with E-state index in [1.54, 1.807) is 6.20 Å². The maximum absolute atomic E-state index is 12.4. The van der Waals surface area contributed by atoms with Crippen molar-refractivity contribution < 1.29 is 22.7 Å². The van der Waals surface area contributed by atoms with Crippen molar-refractivity contribution in [2.75, 3.05) is 51.5 Å². The summed E-state index contributed by atoms with van der Waals surface area (Å²) < 4.78 is 37.0. The summed E-state index contributed by atoms with van der Waals surface area (Å²) in [5.41, 5.74) is 1.31. The zero-order valence-corrected chi connectivity index (χ0v) is 17.7. The van der Waals surface area contributed by atoms with Crippen molar-refractivity contribution >= 4 is 21.7 Å². The Bertz CT molecular complexity index is 944. The second-order valence-corrected chi connectivity index (χ2v) is 8.49. The first-order valence-corrected chi connectivity index (χ1v) is 11.1. The van der Waals surface area contributed by atoms with Crippen molar-refractivity contribution in [3.05, 3.63) is 53.7 Å². The van der Waals surface area contributed by atoms with Gasteiger partial charge in [-0.15, -0.1) is 0 Å². The van der Waals surface area contributed by atoms with Crippen LogP contribution in [0.3, 0.4) is 0 Å². The van der Waals surface area contributed by atoms with Gasteiger partial charge in [0.25, 0.3) is 5.91 Å². The average molecular weight is 435 g/mol. The molecule has 0 spiro atoms. The molecule has 1 aliphatic heterocycles. The predicted octanol–water partition coefficient (Wildman–Crippen LogP) is 0.773. The zero-order valence-electron chi connectivity index (χ0n) is 16.8. The van der Waals surface area contributed by atoms with Gasteiger partial charge in [-0.2, -0.15) is 0 Å². The smallest absolute Gasteiger partial charge is 0.251 e. The molecule has 0 bridgehead atoms. The number of amides is 1. The monoisotopic (exact) mass is 434 g/mol. The third kappa shape index (κ3) is 5.99. The van der Waals surface area contributed by atoms with Gasteiger partial charge in [0, 0.05) is 45.0 Å². The highest BCUT2D eigenvalue weighted by molar-refractivity contribution is 7.89. The number of sulfonamides is 1. The molecule has 9 nitrogen and oxygen atoms in total. The van der Waals surface area contributed by atoms with Crippen molar-refractivity contribution in [3.8, 4) is 0 Å². The van der Waals surface area contributed by atoms with E-state index in [4.69, 9.17) is 9.47 Å². The summed E-state index contributed by atoms with van der Waals surface area (Å²) >= 11 is 0. The van der Waals surface area contributed by atoms with E-state index in [0.717, 1.165) is 24.5 Å². The molecule has 2 aromatic rings. The summed E-state index contributed by atoms with van der Waals surface area (Å²) in [5.74, 6) is 0.580. The first-order valence-electron chi connectivity index (χ1n) is 9.64. The standard InChI is InChI=1S/C20H26N4O5S/c1-28-11-8-23-30(26,27)18-4-2-17(3-5-18)20(25)22-15-16-6-7-21-19(14-16)24-9-12-29-13-10-24/h2-7,14,23H,8-13,15H2,1H3,(H,22,25). The van der Waals surface area contributed by atoms with E-state index >= 15 is 0 Å². The fourth-order valence-electron chi connectivity index (χ4n) is 2.97. The summed E-state index contributed by atoms with van der Waals surface area (Å²) in [4.78, 5) is 19.1. The van der Waals surface area contributed by atoms with Crippen LogP contribution in [0.4, 0.5) is 5.82 Å². The van der Waals surface area contributed by atoms with Crippen molar-refractivity contribution in [3.63, 3.8) is 0 Å². The lowest BCUT2D eigenvalue weighted by Gasteiger charge is -2.28. The molecule has 0 saturated carbocycles. The van der Waals surface area contributed by atoms with Gasteiger partial charge in [0.05, 0.1) is 24.7 Å². The second kappa shape index (κ2) is 10.5. The van der Waals surface area contributed by atoms with Crippen molar-refractivity contribution in [2.45, 2.75) is 11.4 Å². The Morgan fingerprint density at radius 1 is 1.20 bits per heavy atom. The molecule has 1 aromatic carbocycles. The molecular formula is C20H26N4O5S. The largest absolute Gasteiger partial charge is 0.383 e. The molecule has 1 aliphatic rings. The van der Waals surface area contributed by atoms with Crippen LogP contribution >= 0.6 is 0 Å². The summed E-state index contributed by atoms with van der Waals surface area (Å²) in [6.07, 6.45) is 1.72. The molecule has 0 unspecified atom stereocenters. The number of ether oxygens (including phenoxy) is 2. The van der Waals surface area contributed by atoms with Crippen LogP contribution in [-0.4, -0.2) is 65.9 Å². The third-order valence-corrected chi connectivity index (χ3v) is 6.10. The number of hydrogen-bond donors (Lipinski definition) is 2. The number of morpholine rings is 1. The molecule has 0 radical (unpaired) electrons. The Balaban J connectivity index is 1.57. The topological polar surface area (TPSA) is 110 Å². The quantitative estimate of drug-likeness (QED) is 0.561. The predicted molar refractivity (Wildman–Crippen MR) is 112 cm³/mol. The van der Waals surface area contributed by atoms with Gasteiger partial charge in [0.15, 0.2) is 0 Å². The number of rotatable bonds is 9. The van der Waals surface area contributed by atoms with Crippen LogP contribution in [0.1, 0.15) is 15.9 Å². The van der Waals surface area contributed by atoms with Gasteiger partial charge in [-0.3, -0.25) is 4.79 Å². The minimum absolute atomic E-state index is 0.0967. The normalized spacial score (nSPS) is 14.5. The third-order valence-electron chi connectivity index (χ3n) is 4.62. The molecule has 10 heteroatoms. The first-order chi connectivity index (χ1) is 14.5. The Morgan fingerprint density at radius 2 is 1.93 bits per heavy atom. The van der Waals surface area contributed by atoms with Gasteiger partial charge in [-0.1, -0.05) is 0 Å². The highest BCUT2D eigenvalue weighted by Gasteiger charge is 2.15. The molecule has 3 rings (SSSR count). The Kier molecular flexibility index (Phi) is 7.75. The maximum Gasteiger partial charge on any atom is 0.251 e. The van der Waals surface area contributed by atoms with Crippen molar-refractivity contribution in [1.82, 2.24) is 15.0 Å². The molecular weight excluding hydrogens is 408 g/mol. The molecule has 1 saturated heterocycles. The number of carbonyl (C=O) groups is 1. The van der Waals surface area contributed by atoms with E-state index in [1.165, 1.54) is 31.4 Å². The van der Waals surface area contributed by atoms with Gasteiger partial charge < -0.3 is 19.7 Å². The number of carbonyl (C=O) groups excluding carboxylic acids is 1. The molecule has 0 aliphatic carbocycles. The SMILES string of the molecule is COCCNS(=O)(=O)c1ccc(C(=O)NCc2ccnc(N3CCOCC3)c2)cc1. The van der Waals surface area contributed by atoms with Gasteiger partial charge in [0.1, 0.15) is 5.82 Å². The summed E-state index contributed by atoms with van der Waals surface area (Å²) in [6, 6.07) is 9.61. The van der Waals surface area contributed by atoms with Crippen molar-refractivity contribution in [2.24, 2.45) is 0 Å². The minimum atomic E-state index is -3.63. The van der Waals surface area contributed by atoms with Gasteiger partial charge in [-0.05, 0) is 42.0 Å². The molecule has 0 atom stereocenters. The number of anilines is 1. The molecule has 1 amide bonds. The first kappa shape index (κ1) is 22.2. The fraction of sp³-hybridized carbons (Fsp3) is 0.400. The van der Waals surface area contributed by atoms with E-state index in [0.29, 0.717) is 25.3 Å². The van der Waals surface area contributed by atoms with Gasteiger partial charge in [-0.25, -0.2) is 18.1 Å². The number of pyridine rings is 1. The molecule has 1 fully saturated rings. The van der Waals surface area contributed by atoms with E-state index in [1.807, 2.05) is 12.1 Å². The Labute approximate surface area is 176 Å². The van der Waals surface area contributed by atoms with Crippen LogP contribution in [0.5, 0.6) is 0 Å². The lowest BCUT2D eigenvalue weighted by atomic mass is 10.2. The summed E-state index contributed by atoms with van der Waals surface area (Å²) in [5, 5.41) is 2.85. The van der Waals surface area contributed by atoms with Crippen LogP contribution in [0, 0.1) is 0 Å². The van der Waals surface area contributed by atoms with Crippen LogP contribution in [0.25, 0.3) is 0 Å². The second-order valence-electron chi connectivity index (χ2n) is 6.72. The zero-order chi connectivity index (χ0) is 21.4. The van der Waals surface area contributed by atoms with Gasteiger partial charge >= 0.3 is 0 Å². The lowest BCUT2D eigenvalue weighted by Crippen LogP contribution is -2.36. The van der Waals surface area contributed by atoms with E-state index in [-0.39, 0.29) is 24.0 Å². The van der Waals surface area contributed by atoms with Gasteiger partial charge in [0.2, 0.25) is 10.0 Å². The number of methoxy groups -OCH3 is 1. The Hall–Kier alpha value is -2.53. The number of nitrogens with one attached hydrogen (secondary N) is 2. The number of nitrogens with zero attached hydrogens (tertiary/aromatic N) is 2. The number of benzene rings is 1. The fourth-order valence-corrected chi connectivity index (χ4v) is 3.98.